The minimum absolute atomic E-state index is 0.217. The van der Waals surface area contributed by atoms with E-state index >= 15 is 0 Å². The van der Waals surface area contributed by atoms with E-state index in [2.05, 4.69) is 17.4 Å². The summed E-state index contributed by atoms with van der Waals surface area (Å²) in [6, 6.07) is 22.7. The zero-order valence-electron chi connectivity index (χ0n) is 12.8. The molecule has 0 atom stereocenters. The van der Waals surface area contributed by atoms with Crippen LogP contribution in [0.5, 0.6) is 0 Å². The number of rotatable bonds is 4. The summed E-state index contributed by atoms with van der Waals surface area (Å²) in [5, 5.41) is 3.75. The molecule has 0 aromatic heterocycles. The topological polar surface area (TPSA) is 29.1 Å². The van der Waals surface area contributed by atoms with Crippen LogP contribution in [0, 0.1) is 0 Å². The number of carbonyl (C=O) groups is 1. The van der Waals surface area contributed by atoms with Gasteiger partial charge in [0.1, 0.15) is 0 Å². The number of amides is 1. The van der Waals surface area contributed by atoms with Crippen LogP contribution in [0.4, 0.5) is 5.69 Å². The highest BCUT2D eigenvalue weighted by Crippen LogP contribution is 2.26. The highest BCUT2D eigenvalue weighted by molar-refractivity contribution is 6.35. The standard InChI is InChI=1S/C20H15Cl2NO/c21-17-10-11-18(22)19(13-17)23-20(24)16-8-6-15(7-9-16)12-14-4-2-1-3-5-14/h1-11,13H,12H2,(H,23,24). The van der Waals surface area contributed by atoms with Crippen LogP contribution in [0.1, 0.15) is 21.5 Å². The van der Waals surface area contributed by atoms with E-state index in [1.54, 1.807) is 18.2 Å². The van der Waals surface area contributed by atoms with Crippen LogP contribution in [0.15, 0.2) is 72.8 Å². The van der Waals surface area contributed by atoms with Gasteiger partial charge >= 0.3 is 0 Å². The molecule has 0 aliphatic rings. The third kappa shape index (κ3) is 4.16. The Morgan fingerprint density at radius 1 is 0.833 bits per heavy atom. The number of hydrogen-bond donors (Lipinski definition) is 1. The van der Waals surface area contributed by atoms with Crippen molar-refractivity contribution in [1.82, 2.24) is 0 Å². The average molecular weight is 356 g/mol. The Balaban J connectivity index is 1.71. The van der Waals surface area contributed by atoms with Crippen molar-refractivity contribution in [2.24, 2.45) is 0 Å². The van der Waals surface area contributed by atoms with Crippen molar-refractivity contribution in [3.8, 4) is 0 Å². The lowest BCUT2D eigenvalue weighted by Gasteiger charge is -2.08. The minimum atomic E-state index is -0.217. The fraction of sp³-hybridized carbons (Fsp3) is 0.0500. The van der Waals surface area contributed by atoms with Crippen LogP contribution in [0.3, 0.4) is 0 Å². The van der Waals surface area contributed by atoms with Gasteiger partial charge in [0.15, 0.2) is 0 Å². The van der Waals surface area contributed by atoms with Crippen molar-refractivity contribution in [2.75, 3.05) is 5.32 Å². The number of halogens is 2. The highest BCUT2D eigenvalue weighted by atomic mass is 35.5. The second kappa shape index (κ2) is 7.52. The van der Waals surface area contributed by atoms with E-state index in [0.717, 1.165) is 12.0 Å². The molecule has 0 saturated heterocycles. The maximum absolute atomic E-state index is 12.3. The van der Waals surface area contributed by atoms with Crippen molar-refractivity contribution in [2.45, 2.75) is 6.42 Å². The van der Waals surface area contributed by atoms with E-state index in [9.17, 15) is 4.79 Å². The molecule has 0 aliphatic carbocycles. The largest absolute Gasteiger partial charge is 0.321 e. The molecule has 0 radical (unpaired) electrons. The second-order valence-corrected chi connectivity index (χ2v) is 6.28. The monoisotopic (exact) mass is 355 g/mol. The third-order valence-electron chi connectivity index (χ3n) is 3.64. The first-order valence-electron chi connectivity index (χ1n) is 7.51. The Morgan fingerprint density at radius 3 is 2.21 bits per heavy atom. The summed E-state index contributed by atoms with van der Waals surface area (Å²) in [5.74, 6) is -0.217. The molecule has 0 unspecified atom stereocenters. The molecule has 1 N–H and O–H groups in total. The Kier molecular flexibility index (Phi) is 5.19. The molecule has 3 aromatic rings. The summed E-state index contributed by atoms with van der Waals surface area (Å²) >= 11 is 12.0. The van der Waals surface area contributed by atoms with Gasteiger partial charge in [-0.3, -0.25) is 4.79 Å². The summed E-state index contributed by atoms with van der Waals surface area (Å²) in [7, 11) is 0. The van der Waals surface area contributed by atoms with Gasteiger partial charge in [0.05, 0.1) is 10.7 Å². The molecule has 4 heteroatoms. The summed E-state index contributed by atoms with van der Waals surface area (Å²) in [6.07, 6.45) is 0.836. The predicted molar refractivity (Wildman–Crippen MR) is 100 cm³/mol. The van der Waals surface area contributed by atoms with Gasteiger partial charge in [0, 0.05) is 10.6 Å². The van der Waals surface area contributed by atoms with Gasteiger partial charge in [-0.15, -0.1) is 0 Å². The normalized spacial score (nSPS) is 10.4. The fourth-order valence-corrected chi connectivity index (χ4v) is 2.73. The first-order valence-corrected chi connectivity index (χ1v) is 8.27. The predicted octanol–water partition coefficient (Wildman–Crippen LogP) is 5.84. The van der Waals surface area contributed by atoms with Gasteiger partial charge in [-0.05, 0) is 47.9 Å². The third-order valence-corrected chi connectivity index (χ3v) is 4.21. The van der Waals surface area contributed by atoms with Crippen molar-refractivity contribution < 1.29 is 4.79 Å². The molecule has 0 spiro atoms. The molecule has 0 aliphatic heterocycles. The van der Waals surface area contributed by atoms with Crippen LogP contribution < -0.4 is 5.32 Å². The van der Waals surface area contributed by atoms with Crippen molar-refractivity contribution in [3.63, 3.8) is 0 Å². The average Bonchev–Trinajstić information content (AvgIpc) is 2.60. The maximum Gasteiger partial charge on any atom is 0.255 e. The number of hydrogen-bond acceptors (Lipinski definition) is 1. The molecule has 0 fully saturated rings. The lowest BCUT2D eigenvalue weighted by Crippen LogP contribution is -2.12. The molecular formula is C20H15Cl2NO. The quantitative estimate of drug-likeness (QED) is 0.625. The lowest BCUT2D eigenvalue weighted by atomic mass is 10.0. The minimum Gasteiger partial charge on any atom is -0.321 e. The van der Waals surface area contributed by atoms with E-state index in [1.807, 2.05) is 42.5 Å². The molecule has 3 aromatic carbocycles. The SMILES string of the molecule is O=C(Nc1cc(Cl)ccc1Cl)c1ccc(Cc2ccccc2)cc1. The number of benzene rings is 3. The Morgan fingerprint density at radius 2 is 1.50 bits per heavy atom. The van der Waals surface area contributed by atoms with Crippen LogP contribution >= 0.6 is 23.2 Å². The fourth-order valence-electron chi connectivity index (χ4n) is 2.39. The molecule has 3 rings (SSSR count). The Bertz CT molecular complexity index is 845. The number of anilines is 1. The first-order chi connectivity index (χ1) is 11.6. The molecule has 0 heterocycles. The van der Waals surface area contributed by atoms with E-state index in [0.29, 0.717) is 21.3 Å². The van der Waals surface area contributed by atoms with E-state index in [1.165, 1.54) is 5.56 Å². The molecule has 1 amide bonds. The Hall–Kier alpha value is -2.29. The van der Waals surface area contributed by atoms with Crippen LogP contribution in [-0.4, -0.2) is 5.91 Å². The Labute approximate surface area is 151 Å². The molecule has 0 bridgehead atoms. The maximum atomic E-state index is 12.3. The van der Waals surface area contributed by atoms with E-state index in [4.69, 9.17) is 23.2 Å². The summed E-state index contributed by atoms with van der Waals surface area (Å²) in [6.45, 7) is 0. The van der Waals surface area contributed by atoms with Crippen molar-refractivity contribution in [1.29, 1.82) is 0 Å². The van der Waals surface area contributed by atoms with Crippen LogP contribution in [-0.2, 0) is 6.42 Å². The van der Waals surface area contributed by atoms with Crippen LogP contribution in [0.25, 0.3) is 0 Å². The zero-order chi connectivity index (χ0) is 16.9. The number of nitrogens with one attached hydrogen (secondary N) is 1. The smallest absolute Gasteiger partial charge is 0.255 e. The summed E-state index contributed by atoms with van der Waals surface area (Å²) in [4.78, 5) is 12.3. The number of carbonyl (C=O) groups excluding carboxylic acids is 1. The van der Waals surface area contributed by atoms with Gasteiger partial charge in [0.25, 0.3) is 5.91 Å². The van der Waals surface area contributed by atoms with Gasteiger partial charge in [0.2, 0.25) is 0 Å². The molecule has 0 saturated carbocycles. The first kappa shape index (κ1) is 16.6. The molecule has 24 heavy (non-hydrogen) atoms. The van der Waals surface area contributed by atoms with Crippen LogP contribution in [0.2, 0.25) is 10.0 Å². The van der Waals surface area contributed by atoms with E-state index < -0.39 is 0 Å². The summed E-state index contributed by atoms with van der Waals surface area (Å²) in [5.41, 5.74) is 3.46. The second-order valence-electron chi connectivity index (χ2n) is 5.44. The van der Waals surface area contributed by atoms with Gasteiger partial charge in [-0.2, -0.15) is 0 Å². The van der Waals surface area contributed by atoms with Crippen molar-refractivity contribution in [3.05, 3.63) is 99.5 Å². The van der Waals surface area contributed by atoms with Gasteiger partial charge in [-0.25, -0.2) is 0 Å². The highest BCUT2D eigenvalue weighted by Gasteiger charge is 2.09. The van der Waals surface area contributed by atoms with E-state index in [-0.39, 0.29) is 5.91 Å². The van der Waals surface area contributed by atoms with Crippen molar-refractivity contribution >= 4 is 34.8 Å². The molecule has 2 nitrogen and oxygen atoms in total. The van der Waals surface area contributed by atoms with Gasteiger partial charge in [-0.1, -0.05) is 65.7 Å². The summed E-state index contributed by atoms with van der Waals surface area (Å²) < 4.78 is 0. The molecular weight excluding hydrogens is 341 g/mol. The van der Waals surface area contributed by atoms with Gasteiger partial charge < -0.3 is 5.32 Å². The molecule has 120 valence electrons. The zero-order valence-corrected chi connectivity index (χ0v) is 14.3. The lowest BCUT2D eigenvalue weighted by molar-refractivity contribution is 0.102.